The second-order valence-electron chi connectivity index (χ2n) is 15.7. The summed E-state index contributed by atoms with van der Waals surface area (Å²) < 4.78 is 77.9. The molecule has 0 unspecified atom stereocenters. The van der Waals surface area contributed by atoms with Gasteiger partial charge in [0.2, 0.25) is 0 Å². The van der Waals surface area contributed by atoms with Gasteiger partial charge in [0.25, 0.3) is 0 Å². The summed E-state index contributed by atoms with van der Waals surface area (Å²) >= 11 is 0. The lowest BCUT2D eigenvalue weighted by Gasteiger charge is -2.39. The van der Waals surface area contributed by atoms with Crippen LogP contribution < -0.4 is 10.1 Å². The van der Waals surface area contributed by atoms with E-state index < -0.39 is 38.1 Å². The maximum atomic E-state index is 13.0. The van der Waals surface area contributed by atoms with Crippen LogP contribution in [0.3, 0.4) is 0 Å². The van der Waals surface area contributed by atoms with Crippen LogP contribution in [0, 0.1) is 0 Å². The third-order valence-electron chi connectivity index (χ3n) is 11.3. The van der Waals surface area contributed by atoms with Gasteiger partial charge in [-0.15, -0.1) is 0 Å². The van der Waals surface area contributed by atoms with E-state index in [9.17, 15) is 25.9 Å². The van der Waals surface area contributed by atoms with Crippen LogP contribution in [0.25, 0.3) is 5.57 Å². The van der Waals surface area contributed by atoms with Gasteiger partial charge in [0.1, 0.15) is 28.3 Å². The Kier molecular flexibility index (Phi) is 11.3. The minimum absolute atomic E-state index is 0.0424. The average Bonchev–Trinajstić information content (AvgIpc) is 3.24. The third kappa shape index (κ3) is 8.67. The molecular formula is C49H43N2O6S2Si-. The second-order valence-corrected chi connectivity index (χ2v) is 22.7. The summed E-state index contributed by atoms with van der Waals surface area (Å²) in [6.45, 7) is 7.09. The SMILES string of the molecule is C[Si]1(C)C2=CC(=[N+](Cc3ccccc3)Cc3ccccc3)C=CC2=C(c2ccc(S(=O)(=O)[O-])cc2S(=O)(=O)[O-])c2ccc(N(Cc3ccccc3)Cc3ccccc3)cc21. The van der Waals surface area contributed by atoms with E-state index in [0.29, 0.717) is 37.8 Å². The number of hydrogen-bond acceptors (Lipinski definition) is 7. The molecule has 0 saturated heterocycles. The molecule has 302 valence electrons. The van der Waals surface area contributed by atoms with Gasteiger partial charge in [-0.3, -0.25) is 0 Å². The topological polar surface area (TPSA) is 121 Å². The lowest BCUT2D eigenvalue weighted by Crippen LogP contribution is -2.50. The van der Waals surface area contributed by atoms with Gasteiger partial charge in [0.15, 0.2) is 18.8 Å². The second kappa shape index (κ2) is 16.6. The minimum atomic E-state index is -5.26. The highest BCUT2D eigenvalue weighted by Crippen LogP contribution is 2.44. The highest BCUT2D eigenvalue weighted by atomic mass is 32.2. The van der Waals surface area contributed by atoms with Crippen molar-refractivity contribution >= 4 is 50.5 Å². The normalized spacial score (nSPS) is 14.6. The van der Waals surface area contributed by atoms with E-state index in [-0.39, 0.29) is 5.56 Å². The molecule has 6 aromatic rings. The number of anilines is 1. The average molecular weight is 848 g/mol. The summed E-state index contributed by atoms with van der Waals surface area (Å²) in [7, 11) is -13.0. The van der Waals surface area contributed by atoms with Gasteiger partial charge in [0, 0.05) is 47.6 Å². The summed E-state index contributed by atoms with van der Waals surface area (Å²) in [6, 6.07) is 50.3. The lowest BCUT2D eigenvalue weighted by molar-refractivity contribution is -0.558. The van der Waals surface area contributed by atoms with Crippen molar-refractivity contribution < 1.29 is 30.5 Å². The van der Waals surface area contributed by atoms with E-state index in [2.05, 4.69) is 83.2 Å². The molecule has 1 heterocycles. The highest BCUT2D eigenvalue weighted by Gasteiger charge is 2.41. The van der Waals surface area contributed by atoms with E-state index >= 15 is 0 Å². The molecule has 0 fully saturated rings. The quantitative estimate of drug-likeness (QED) is 0.0690. The molecule has 8 rings (SSSR count). The van der Waals surface area contributed by atoms with Crippen molar-refractivity contribution in [2.24, 2.45) is 0 Å². The first kappa shape index (κ1) is 40.8. The Labute approximate surface area is 353 Å². The van der Waals surface area contributed by atoms with Gasteiger partial charge in [0.05, 0.1) is 9.79 Å². The summed E-state index contributed by atoms with van der Waals surface area (Å²) in [4.78, 5) is 0.780. The van der Waals surface area contributed by atoms with Crippen molar-refractivity contribution in [3.8, 4) is 0 Å². The molecule has 60 heavy (non-hydrogen) atoms. The van der Waals surface area contributed by atoms with Crippen LogP contribution in [-0.2, 0) is 46.4 Å². The number of allylic oxidation sites excluding steroid dienone is 5. The molecule has 0 atom stereocenters. The molecule has 6 aromatic carbocycles. The predicted molar refractivity (Wildman–Crippen MR) is 238 cm³/mol. The van der Waals surface area contributed by atoms with Crippen LogP contribution >= 0.6 is 0 Å². The Morgan fingerprint density at radius 1 is 0.567 bits per heavy atom. The van der Waals surface area contributed by atoms with Crippen LogP contribution in [0.2, 0.25) is 13.1 Å². The molecule has 1 aliphatic carbocycles. The maximum absolute atomic E-state index is 13.0. The van der Waals surface area contributed by atoms with E-state index in [0.717, 1.165) is 61.2 Å². The van der Waals surface area contributed by atoms with Crippen LogP contribution in [0.1, 0.15) is 33.4 Å². The molecule has 11 heteroatoms. The largest absolute Gasteiger partial charge is 0.744 e. The molecule has 0 aromatic heterocycles. The van der Waals surface area contributed by atoms with E-state index in [1.165, 1.54) is 6.07 Å². The van der Waals surface area contributed by atoms with Gasteiger partial charge >= 0.3 is 0 Å². The molecule has 0 saturated carbocycles. The predicted octanol–water partition coefficient (Wildman–Crippen LogP) is 8.32. The Morgan fingerprint density at radius 2 is 1.07 bits per heavy atom. The molecule has 1 aliphatic heterocycles. The monoisotopic (exact) mass is 847 g/mol. The smallest absolute Gasteiger partial charge is 0.200 e. The van der Waals surface area contributed by atoms with Gasteiger partial charge in [-0.05, 0) is 68.6 Å². The highest BCUT2D eigenvalue weighted by molar-refractivity contribution is 7.86. The fourth-order valence-corrected chi connectivity index (χ4v) is 12.6. The van der Waals surface area contributed by atoms with Crippen molar-refractivity contribution in [3.63, 3.8) is 0 Å². The summed E-state index contributed by atoms with van der Waals surface area (Å²) in [6.07, 6.45) is 6.22. The molecule has 8 nitrogen and oxygen atoms in total. The van der Waals surface area contributed by atoms with Crippen molar-refractivity contribution in [2.75, 3.05) is 4.90 Å². The summed E-state index contributed by atoms with van der Waals surface area (Å²) in [5, 5.41) is 2.05. The Balaban J connectivity index is 1.37. The molecule has 0 radical (unpaired) electrons. The standard InChI is InChI=1S/C49H44N2O6S2Si/c1-60(2)47-29-40(50(32-36-15-7-3-8-16-36)33-37-17-9-4-10-18-37)23-26-44(47)49(43-28-25-42(58(52,53)54)31-46(43)59(55,56)57)45-27-24-41(30-48(45)60)51(34-38-19-11-5-12-20-38)35-39-21-13-6-14-22-39/h3-31H,32-35H2,1-2H3,(H-,52,53,54,55,56,57)/p-1. The molecule has 0 bridgehead atoms. The summed E-state index contributed by atoms with van der Waals surface area (Å²) in [5.74, 6) is 0. The van der Waals surface area contributed by atoms with Crippen molar-refractivity contribution in [1.29, 1.82) is 0 Å². The minimum Gasteiger partial charge on any atom is -0.744 e. The fraction of sp³-hybridized carbons (Fsp3) is 0.122. The fourth-order valence-electron chi connectivity index (χ4n) is 8.27. The van der Waals surface area contributed by atoms with E-state index in [1.54, 1.807) is 0 Å². The molecular weight excluding hydrogens is 805 g/mol. The van der Waals surface area contributed by atoms with E-state index in [1.807, 2.05) is 97.1 Å². The first-order valence-electron chi connectivity index (χ1n) is 19.6. The van der Waals surface area contributed by atoms with Crippen LogP contribution in [-0.4, -0.2) is 44.3 Å². The Bertz CT molecular complexity index is 2850. The number of rotatable bonds is 12. The van der Waals surface area contributed by atoms with Crippen molar-refractivity contribution in [3.05, 3.63) is 220 Å². The molecule has 0 spiro atoms. The number of nitrogens with zero attached hydrogens (tertiary/aromatic N) is 2. The Hall–Kier alpha value is -5.95. The van der Waals surface area contributed by atoms with Crippen molar-refractivity contribution in [2.45, 2.75) is 49.1 Å². The Morgan fingerprint density at radius 3 is 1.57 bits per heavy atom. The number of benzene rings is 6. The van der Waals surface area contributed by atoms with Gasteiger partial charge in [-0.25, -0.2) is 21.4 Å². The zero-order chi connectivity index (χ0) is 42.1. The van der Waals surface area contributed by atoms with Gasteiger partial charge in [-0.2, -0.15) is 0 Å². The zero-order valence-corrected chi connectivity index (χ0v) is 35.9. The maximum Gasteiger partial charge on any atom is 0.200 e. The van der Waals surface area contributed by atoms with Crippen LogP contribution in [0.5, 0.6) is 0 Å². The van der Waals surface area contributed by atoms with Crippen molar-refractivity contribution in [1.82, 2.24) is 0 Å². The number of hydrogen-bond donors (Lipinski definition) is 0. The molecule has 0 N–H and O–H groups in total. The van der Waals surface area contributed by atoms with Crippen LogP contribution in [0.15, 0.2) is 197 Å². The number of fused-ring (bicyclic) bond motifs is 2. The molecule has 0 amide bonds. The first-order chi connectivity index (χ1) is 28.8. The van der Waals surface area contributed by atoms with E-state index in [4.69, 9.17) is 0 Å². The summed E-state index contributed by atoms with van der Waals surface area (Å²) in [5.41, 5.74) is 8.54. The van der Waals surface area contributed by atoms with Gasteiger partial charge < -0.3 is 14.0 Å². The molecule has 2 aliphatic rings. The zero-order valence-electron chi connectivity index (χ0n) is 33.2. The third-order valence-corrected chi connectivity index (χ3v) is 16.5. The first-order valence-corrected chi connectivity index (χ1v) is 25.5. The lowest BCUT2D eigenvalue weighted by atomic mass is 9.89. The van der Waals surface area contributed by atoms with Crippen LogP contribution in [0.4, 0.5) is 5.69 Å². The van der Waals surface area contributed by atoms with Gasteiger partial charge in [-0.1, -0.05) is 147 Å².